The van der Waals surface area contributed by atoms with Crippen LogP contribution in [0.4, 0.5) is 14.5 Å². The molecule has 26 heavy (non-hydrogen) atoms. The molecule has 138 valence electrons. The number of rotatable bonds is 6. The molecule has 2 rings (SSSR count). The predicted octanol–water partition coefficient (Wildman–Crippen LogP) is 3.86. The molecule has 0 fully saturated rings. The van der Waals surface area contributed by atoms with Crippen molar-refractivity contribution in [3.8, 4) is 11.5 Å². The van der Waals surface area contributed by atoms with Gasteiger partial charge in [-0.1, -0.05) is 0 Å². The van der Waals surface area contributed by atoms with Gasteiger partial charge in [0.15, 0.2) is 6.61 Å². The number of amides is 1. The Hall–Kier alpha value is -2.68. The number of hydrogen-bond acceptors (Lipinski definition) is 5. The highest BCUT2D eigenvalue weighted by Crippen LogP contribution is 2.29. The van der Waals surface area contributed by atoms with Crippen molar-refractivity contribution < 1.29 is 33.0 Å². The molecule has 0 bridgehead atoms. The first-order chi connectivity index (χ1) is 12.3. The van der Waals surface area contributed by atoms with Crippen molar-refractivity contribution in [2.75, 3.05) is 11.9 Å². The second kappa shape index (κ2) is 8.61. The molecular weight excluding hydrogens is 416 g/mol. The molecule has 0 spiro atoms. The Morgan fingerprint density at radius 2 is 1.88 bits per heavy atom. The zero-order chi connectivity index (χ0) is 19.3. The molecular formula is C17H14BrF2NO5. The molecule has 0 heterocycles. The number of halogens is 3. The molecule has 2 aromatic rings. The molecule has 1 amide bonds. The van der Waals surface area contributed by atoms with E-state index in [1.807, 2.05) is 0 Å². The van der Waals surface area contributed by atoms with E-state index in [4.69, 9.17) is 4.74 Å². The van der Waals surface area contributed by atoms with Gasteiger partial charge in [0.05, 0.1) is 4.47 Å². The topological polar surface area (TPSA) is 84.9 Å². The summed E-state index contributed by atoms with van der Waals surface area (Å²) in [5, 5.41) is 12.3. The highest BCUT2D eigenvalue weighted by atomic mass is 79.9. The van der Waals surface area contributed by atoms with Gasteiger partial charge in [-0.15, -0.1) is 0 Å². The molecule has 0 aliphatic carbocycles. The molecule has 9 heteroatoms. The summed E-state index contributed by atoms with van der Waals surface area (Å²) in [6.45, 7) is -1.79. The fourth-order valence-electron chi connectivity index (χ4n) is 2.02. The third kappa shape index (κ3) is 5.41. The molecule has 0 aromatic heterocycles. The summed E-state index contributed by atoms with van der Waals surface area (Å²) >= 11 is 3.12. The molecule has 6 nitrogen and oxygen atoms in total. The highest BCUT2D eigenvalue weighted by molar-refractivity contribution is 9.10. The number of ether oxygens (including phenoxy) is 2. The first-order valence-electron chi connectivity index (χ1n) is 7.27. The number of esters is 1. The van der Waals surface area contributed by atoms with Crippen LogP contribution >= 0.6 is 15.9 Å². The lowest BCUT2D eigenvalue weighted by Crippen LogP contribution is -2.21. The minimum atomic E-state index is -2.94. The minimum Gasteiger partial charge on any atom is -0.506 e. The fourth-order valence-corrected chi connectivity index (χ4v) is 2.59. The second-order valence-corrected chi connectivity index (χ2v) is 6.02. The highest BCUT2D eigenvalue weighted by Gasteiger charge is 2.17. The largest absolute Gasteiger partial charge is 0.506 e. The summed E-state index contributed by atoms with van der Waals surface area (Å²) in [6, 6.07) is 8.30. The van der Waals surface area contributed by atoms with Crippen LogP contribution in [0.2, 0.25) is 0 Å². The maximum Gasteiger partial charge on any atom is 0.387 e. The van der Waals surface area contributed by atoms with Gasteiger partial charge in [0.2, 0.25) is 0 Å². The van der Waals surface area contributed by atoms with Gasteiger partial charge in [-0.3, -0.25) is 4.79 Å². The van der Waals surface area contributed by atoms with Crippen molar-refractivity contribution in [3.63, 3.8) is 0 Å². The third-order valence-corrected chi connectivity index (χ3v) is 3.73. The van der Waals surface area contributed by atoms with Gasteiger partial charge in [0.25, 0.3) is 5.91 Å². The average molecular weight is 430 g/mol. The van der Waals surface area contributed by atoms with Gasteiger partial charge in [-0.05, 0) is 64.8 Å². The predicted molar refractivity (Wildman–Crippen MR) is 92.5 cm³/mol. The standard InChI is InChI=1S/C17H14BrF2NO5/c1-9-6-12(15(23)13(18)7-9)16(24)25-8-14(22)21-10-2-4-11(5-3-10)26-17(19)20/h2-7,17,23H,8H2,1H3,(H,21,22). The van der Waals surface area contributed by atoms with E-state index in [0.29, 0.717) is 10.2 Å². The normalized spacial score (nSPS) is 10.5. The smallest absolute Gasteiger partial charge is 0.387 e. The van der Waals surface area contributed by atoms with Crippen molar-refractivity contribution in [2.24, 2.45) is 0 Å². The van der Waals surface area contributed by atoms with Gasteiger partial charge in [0.1, 0.15) is 17.1 Å². The summed E-state index contributed by atoms with van der Waals surface area (Å²) < 4.78 is 33.5. The van der Waals surface area contributed by atoms with Crippen LogP contribution in [0, 0.1) is 6.92 Å². The van der Waals surface area contributed by atoms with Crippen LogP contribution in [0.1, 0.15) is 15.9 Å². The van der Waals surface area contributed by atoms with E-state index in [0.717, 1.165) is 5.56 Å². The van der Waals surface area contributed by atoms with Gasteiger partial charge in [-0.2, -0.15) is 8.78 Å². The first kappa shape index (κ1) is 19.6. The summed E-state index contributed by atoms with van der Waals surface area (Å²) in [5.41, 5.74) is 0.962. The zero-order valence-corrected chi connectivity index (χ0v) is 15.0. The van der Waals surface area contributed by atoms with Crippen LogP contribution in [0.15, 0.2) is 40.9 Å². The van der Waals surface area contributed by atoms with Crippen LogP contribution in [0.25, 0.3) is 0 Å². The Morgan fingerprint density at radius 1 is 1.23 bits per heavy atom. The second-order valence-electron chi connectivity index (χ2n) is 5.17. The summed E-state index contributed by atoms with van der Waals surface area (Å²) in [5.74, 6) is -1.82. The lowest BCUT2D eigenvalue weighted by atomic mass is 10.1. The number of nitrogens with one attached hydrogen (secondary N) is 1. The minimum absolute atomic E-state index is 0.0510. The number of carbonyl (C=O) groups is 2. The number of aromatic hydroxyl groups is 1. The number of alkyl halides is 2. The van der Waals surface area contributed by atoms with Crippen molar-refractivity contribution in [1.29, 1.82) is 0 Å². The Balaban J connectivity index is 1.91. The number of phenols is 1. The first-order valence-corrected chi connectivity index (χ1v) is 8.06. The van der Waals surface area contributed by atoms with E-state index in [1.165, 1.54) is 30.3 Å². The number of aryl methyl sites for hydroxylation is 1. The number of carbonyl (C=O) groups excluding carboxylic acids is 2. The Kier molecular flexibility index (Phi) is 6.51. The van der Waals surface area contributed by atoms with Gasteiger partial charge >= 0.3 is 12.6 Å². The molecule has 0 radical (unpaired) electrons. The molecule has 2 aromatic carbocycles. The van der Waals surface area contributed by atoms with E-state index >= 15 is 0 Å². The van der Waals surface area contributed by atoms with Gasteiger partial charge in [-0.25, -0.2) is 4.79 Å². The maximum atomic E-state index is 12.1. The molecule has 0 saturated heterocycles. The van der Waals surface area contributed by atoms with E-state index in [1.54, 1.807) is 13.0 Å². The van der Waals surface area contributed by atoms with Crippen molar-refractivity contribution >= 4 is 33.5 Å². The Labute approximate surface area is 155 Å². The number of hydrogen-bond donors (Lipinski definition) is 2. The molecule has 0 unspecified atom stereocenters. The van der Waals surface area contributed by atoms with Crippen LogP contribution in [0.3, 0.4) is 0 Å². The van der Waals surface area contributed by atoms with E-state index in [9.17, 15) is 23.5 Å². The maximum absolute atomic E-state index is 12.1. The quantitative estimate of drug-likeness (QED) is 0.681. The average Bonchev–Trinajstić information content (AvgIpc) is 2.57. The van der Waals surface area contributed by atoms with Crippen molar-refractivity contribution in [3.05, 3.63) is 52.0 Å². The van der Waals surface area contributed by atoms with E-state index < -0.39 is 25.1 Å². The third-order valence-electron chi connectivity index (χ3n) is 3.13. The lowest BCUT2D eigenvalue weighted by molar-refractivity contribution is -0.119. The monoisotopic (exact) mass is 429 g/mol. The van der Waals surface area contributed by atoms with Crippen LogP contribution in [0.5, 0.6) is 11.5 Å². The number of benzene rings is 2. The van der Waals surface area contributed by atoms with Gasteiger partial charge < -0.3 is 19.9 Å². The molecule has 2 N–H and O–H groups in total. The van der Waals surface area contributed by atoms with Crippen LogP contribution in [-0.2, 0) is 9.53 Å². The van der Waals surface area contributed by atoms with E-state index in [2.05, 4.69) is 26.0 Å². The summed E-state index contributed by atoms with van der Waals surface area (Å²) in [6.07, 6.45) is 0. The number of phenolic OH excluding ortho intramolecular Hbond substituents is 1. The summed E-state index contributed by atoms with van der Waals surface area (Å²) in [7, 11) is 0. The molecule has 0 aliphatic heterocycles. The Bertz CT molecular complexity index is 812. The number of anilines is 1. The van der Waals surface area contributed by atoms with E-state index in [-0.39, 0.29) is 17.1 Å². The van der Waals surface area contributed by atoms with Crippen LogP contribution < -0.4 is 10.1 Å². The Morgan fingerprint density at radius 3 is 2.50 bits per heavy atom. The van der Waals surface area contributed by atoms with Crippen molar-refractivity contribution in [2.45, 2.75) is 13.5 Å². The van der Waals surface area contributed by atoms with Crippen LogP contribution in [-0.4, -0.2) is 30.2 Å². The molecule has 0 saturated carbocycles. The molecule has 0 atom stereocenters. The molecule has 0 aliphatic rings. The lowest BCUT2D eigenvalue weighted by Gasteiger charge is -2.10. The SMILES string of the molecule is Cc1cc(Br)c(O)c(C(=O)OCC(=O)Nc2ccc(OC(F)F)cc2)c1. The zero-order valence-electron chi connectivity index (χ0n) is 13.5. The summed E-state index contributed by atoms with van der Waals surface area (Å²) in [4.78, 5) is 23.8. The van der Waals surface area contributed by atoms with Crippen molar-refractivity contribution in [1.82, 2.24) is 0 Å². The van der Waals surface area contributed by atoms with Gasteiger partial charge in [0, 0.05) is 5.69 Å². The fraction of sp³-hybridized carbons (Fsp3) is 0.176.